The third-order valence-electron chi connectivity index (χ3n) is 3.85. The van der Waals surface area contributed by atoms with Crippen LogP contribution in [0.2, 0.25) is 0 Å². The molecule has 0 aliphatic carbocycles. The van der Waals surface area contributed by atoms with Crippen LogP contribution in [-0.4, -0.2) is 41.3 Å². The van der Waals surface area contributed by atoms with Crippen LogP contribution in [0, 0.1) is 13.8 Å². The van der Waals surface area contributed by atoms with E-state index in [4.69, 9.17) is 0 Å². The van der Waals surface area contributed by atoms with Crippen LogP contribution in [0.5, 0.6) is 0 Å². The lowest BCUT2D eigenvalue weighted by Crippen LogP contribution is -2.28. The lowest BCUT2D eigenvalue weighted by atomic mass is 10.4. The zero-order valence-corrected chi connectivity index (χ0v) is 17.1. The Kier molecular flexibility index (Phi) is 5.88. The van der Waals surface area contributed by atoms with Crippen LogP contribution < -0.4 is 10.0 Å². The Bertz CT molecular complexity index is 1030. The van der Waals surface area contributed by atoms with Gasteiger partial charge in [0.25, 0.3) is 0 Å². The summed E-state index contributed by atoms with van der Waals surface area (Å²) >= 11 is 1.30. The van der Waals surface area contributed by atoms with E-state index >= 15 is 0 Å². The number of hydrogen-bond acceptors (Lipinski definition) is 7. The molecule has 0 aliphatic rings. The van der Waals surface area contributed by atoms with E-state index in [1.54, 1.807) is 16.8 Å². The maximum atomic E-state index is 12.3. The minimum atomic E-state index is -3.48. The van der Waals surface area contributed by atoms with Gasteiger partial charge in [-0.1, -0.05) is 6.92 Å². The van der Waals surface area contributed by atoms with Crippen molar-refractivity contribution in [2.45, 2.75) is 31.4 Å². The van der Waals surface area contributed by atoms with E-state index in [-0.39, 0.29) is 6.54 Å². The van der Waals surface area contributed by atoms with Gasteiger partial charge in [0.1, 0.15) is 16.4 Å². The molecular weight excluding hydrogens is 384 g/mol. The van der Waals surface area contributed by atoms with Crippen molar-refractivity contribution in [1.82, 2.24) is 24.5 Å². The number of hydrogen-bond donors (Lipinski definition) is 2. The van der Waals surface area contributed by atoms with Crippen molar-refractivity contribution in [1.29, 1.82) is 0 Å². The van der Waals surface area contributed by atoms with Gasteiger partial charge in [-0.05, 0) is 38.5 Å². The highest BCUT2D eigenvalue weighted by Gasteiger charge is 2.15. The Hall–Kier alpha value is -2.30. The Labute approximate surface area is 162 Å². The van der Waals surface area contributed by atoms with E-state index in [0.717, 1.165) is 22.7 Å². The Balaban J connectivity index is 1.58. The van der Waals surface area contributed by atoms with Crippen molar-refractivity contribution >= 4 is 27.2 Å². The van der Waals surface area contributed by atoms with Gasteiger partial charge in [0.15, 0.2) is 5.82 Å². The van der Waals surface area contributed by atoms with Crippen LogP contribution in [0.4, 0.5) is 5.82 Å². The van der Waals surface area contributed by atoms with E-state index < -0.39 is 10.0 Å². The third kappa shape index (κ3) is 4.71. The minimum absolute atomic E-state index is 0.251. The first-order chi connectivity index (χ1) is 12.9. The molecule has 27 heavy (non-hydrogen) atoms. The second kappa shape index (κ2) is 8.15. The summed E-state index contributed by atoms with van der Waals surface area (Å²) in [4.78, 5) is 9.46. The van der Waals surface area contributed by atoms with E-state index in [2.05, 4.69) is 25.1 Å². The van der Waals surface area contributed by atoms with Crippen LogP contribution in [-0.2, 0) is 16.4 Å². The minimum Gasteiger partial charge on any atom is -0.369 e. The summed E-state index contributed by atoms with van der Waals surface area (Å²) in [6.45, 7) is 6.53. The number of nitrogens with one attached hydrogen (secondary N) is 2. The average Bonchev–Trinajstić information content (AvgIpc) is 3.25. The first-order valence-electron chi connectivity index (χ1n) is 8.57. The van der Waals surface area contributed by atoms with Crippen LogP contribution in [0.25, 0.3) is 5.82 Å². The highest BCUT2D eigenvalue weighted by Crippen LogP contribution is 2.21. The van der Waals surface area contributed by atoms with Crippen LogP contribution in [0.3, 0.4) is 0 Å². The zero-order valence-electron chi connectivity index (χ0n) is 15.4. The average molecular weight is 407 g/mol. The molecule has 0 atom stereocenters. The van der Waals surface area contributed by atoms with Crippen LogP contribution in [0.1, 0.15) is 23.2 Å². The monoisotopic (exact) mass is 406 g/mol. The van der Waals surface area contributed by atoms with Crippen molar-refractivity contribution in [3.8, 4) is 5.82 Å². The molecule has 8 nitrogen and oxygen atoms in total. The topological polar surface area (TPSA) is 102 Å². The number of aromatic nitrogens is 4. The van der Waals surface area contributed by atoms with E-state index in [1.165, 1.54) is 17.7 Å². The molecule has 0 radical (unpaired) electrons. The largest absolute Gasteiger partial charge is 0.369 e. The fourth-order valence-corrected chi connectivity index (χ4v) is 4.93. The molecule has 0 fully saturated rings. The maximum absolute atomic E-state index is 12.3. The smallest absolute Gasteiger partial charge is 0.250 e. The summed E-state index contributed by atoms with van der Waals surface area (Å²) in [5.41, 5.74) is 1.89. The van der Waals surface area contributed by atoms with Gasteiger partial charge in [-0.3, -0.25) is 0 Å². The van der Waals surface area contributed by atoms with Crippen molar-refractivity contribution in [2.24, 2.45) is 0 Å². The van der Waals surface area contributed by atoms with E-state index in [9.17, 15) is 8.42 Å². The number of nitrogens with zero attached hydrogens (tertiary/aromatic N) is 4. The maximum Gasteiger partial charge on any atom is 0.250 e. The highest BCUT2D eigenvalue weighted by molar-refractivity contribution is 7.91. The first kappa shape index (κ1) is 19.5. The van der Waals surface area contributed by atoms with Gasteiger partial charge in [-0.25, -0.2) is 27.8 Å². The van der Waals surface area contributed by atoms with E-state index in [1.807, 2.05) is 32.9 Å². The summed E-state index contributed by atoms with van der Waals surface area (Å²) in [6, 6.07) is 7.24. The molecule has 3 rings (SSSR count). The van der Waals surface area contributed by atoms with Crippen LogP contribution >= 0.6 is 11.3 Å². The number of anilines is 1. The fraction of sp³-hybridized carbons (Fsp3) is 0.353. The lowest BCUT2D eigenvalue weighted by molar-refractivity contribution is 0.585. The van der Waals surface area contributed by atoms with Gasteiger partial charge >= 0.3 is 0 Å². The SMILES string of the molecule is CCc1ccc(S(=O)(=O)NCCNc2cc(-n3nc(C)cc3C)ncn2)s1. The fourth-order valence-electron chi connectivity index (χ4n) is 2.56. The molecule has 3 aromatic heterocycles. The van der Waals surface area contributed by atoms with Gasteiger partial charge < -0.3 is 5.32 Å². The lowest BCUT2D eigenvalue weighted by Gasteiger charge is -2.09. The molecule has 0 spiro atoms. The molecule has 10 heteroatoms. The van der Waals surface area contributed by atoms with Crippen LogP contribution in [0.15, 0.2) is 34.8 Å². The van der Waals surface area contributed by atoms with Crippen molar-refractivity contribution in [3.63, 3.8) is 0 Å². The molecule has 144 valence electrons. The quantitative estimate of drug-likeness (QED) is 0.557. The number of sulfonamides is 1. The second-order valence-corrected chi connectivity index (χ2v) is 9.16. The zero-order chi connectivity index (χ0) is 19.4. The Morgan fingerprint density at radius 2 is 1.96 bits per heavy atom. The number of thiophene rings is 1. The van der Waals surface area contributed by atoms with E-state index in [0.29, 0.717) is 22.4 Å². The number of aryl methyl sites for hydroxylation is 3. The van der Waals surface area contributed by atoms with Crippen molar-refractivity contribution < 1.29 is 8.42 Å². The Morgan fingerprint density at radius 1 is 1.15 bits per heavy atom. The third-order valence-corrected chi connectivity index (χ3v) is 7.04. The molecular formula is C17H22N6O2S2. The normalized spacial score (nSPS) is 11.7. The molecule has 0 aliphatic heterocycles. The summed E-state index contributed by atoms with van der Waals surface area (Å²) in [5, 5.41) is 7.51. The molecule has 0 saturated heterocycles. The summed E-state index contributed by atoms with van der Waals surface area (Å²) in [6.07, 6.45) is 2.28. The van der Waals surface area contributed by atoms with Gasteiger partial charge in [-0.2, -0.15) is 5.10 Å². The van der Waals surface area contributed by atoms with Crippen molar-refractivity contribution in [3.05, 3.63) is 46.9 Å². The molecule has 0 saturated carbocycles. The predicted octanol–water partition coefficient (Wildman–Crippen LogP) is 2.29. The molecule has 0 amide bonds. The number of rotatable bonds is 8. The summed E-state index contributed by atoms with van der Waals surface area (Å²) in [7, 11) is -3.48. The summed E-state index contributed by atoms with van der Waals surface area (Å²) in [5.74, 6) is 1.26. The predicted molar refractivity (Wildman–Crippen MR) is 106 cm³/mol. The standard InChI is InChI=1S/C17H22N6O2S2/c1-4-14-5-6-17(26-14)27(24,25)21-8-7-18-15-10-16(20-11-19-15)23-13(3)9-12(2)22-23/h5-6,9-11,21H,4,7-8H2,1-3H3,(H,18,19,20). The van der Waals surface area contributed by atoms with Gasteiger partial charge in [0.05, 0.1) is 5.69 Å². The van der Waals surface area contributed by atoms with Crippen molar-refractivity contribution in [2.75, 3.05) is 18.4 Å². The second-order valence-electron chi connectivity index (χ2n) is 6.00. The molecule has 2 N–H and O–H groups in total. The summed E-state index contributed by atoms with van der Waals surface area (Å²) < 4.78 is 29.3. The van der Waals surface area contributed by atoms with Gasteiger partial charge in [0.2, 0.25) is 10.0 Å². The first-order valence-corrected chi connectivity index (χ1v) is 10.9. The molecule has 3 heterocycles. The molecule has 3 aromatic rings. The molecule has 0 aromatic carbocycles. The molecule has 0 bridgehead atoms. The van der Waals surface area contributed by atoms with Gasteiger partial charge in [0, 0.05) is 29.7 Å². The Morgan fingerprint density at radius 3 is 2.63 bits per heavy atom. The highest BCUT2D eigenvalue weighted by atomic mass is 32.2. The molecule has 0 unspecified atom stereocenters. The van der Waals surface area contributed by atoms with Gasteiger partial charge in [-0.15, -0.1) is 11.3 Å².